The highest BCUT2D eigenvalue weighted by atomic mass is 32.1. The van der Waals surface area contributed by atoms with Crippen LogP contribution in [0.15, 0.2) is 0 Å². The number of hydrogen-bond acceptors (Lipinski definition) is 4. The molecule has 0 saturated carbocycles. The third-order valence-electron chi connectivity index (χ3n) is 3.43. The molecule has 2 unspecified atom stereocenters. The Morgan fingerprint density at radius 3 is 2.25 bits per heavy atom. The Morgan fingerprint density at radius 2 is 1.85 bits per heavy atom. The maximum Gasteiger partial charge on any atom is 0.347 e. The van der Waals surface area contributed by atoms with Crippen LogP contribution in [0.2, 0.25) is 0 Å². The molecule has 1 aromatic rings. The van der Waals surface area contributed by atoms with Crippen LogP contribution in [-0.2, 0) is 4.79 Å². The highest BCUT2D eigenvalue weighted by Crippen LogP contribution is 2.27. The molecule has 1 heterocycles. The van der Waals surface area contributed by atoms with Crippen LogP contribution in [0.25, 0.3) is 0 Å². The normalized spacial score (nSPS) is 14.7. The smallest absolute Gasteiger partial charge is 0.347 e. The number of aromatic nitrogens is 1. The second-order valence-electron chi connectivity index (χ2n) is 6.09. The lowest BCUT2D eigenvalue weighted by molar-refractivity contribution is -0.128. The van der Waals surface area contributed by atoms with Crippen LogP contribution in [0.3, 0.4) is 0 Å². The number of nitrogens with zero attached hydrogens (tertiary/aromatic N) is 1. The van der Waals surface area contributed by atoms with Crippen LogP contribution < -0.4 is 5.32 Å². The summed E-state index contributed by atoms with van der Waals surface area (Å²) in [5.41, 5.74) is 0.372. The minimum Gasteiger partial charge on any atom is -0.477 e. The first-order chi connectivity index (χ1) is 9.04. The van der Waals surface area contributed by atoms with Gasteiger partial charge in [-0.2, -0.15) is 0 Å². The fourth-order valence-electron chi connectivity index (χ4n) is 1.59. The summed E-state index contributed by atoms with van der Waals surface area (Å²) >= 11 is 1.11. The molecule has 2 atom stereocenters. The second-order valence-corrected chi connectivity index (χ2v) is 7.12. The first-order valence-corrected chi connectivity index (χ1v) is 7.36. The van der Waals surface area contributed by atoms with Gasteiger partial charge < -0.3 is 10.4 Å². The van der Waals surface area contributed by atoms with E-state index in [0.717, 1.165) is 11.3 Å². The minimum absolute atomic E-state index is 0.0465. The molecule has 0 spiro atoms. The Bertz CT molecular complexity index is 517. The molecule has 0 bridgehead atoms. The lowest BCUT2D eigenvalue weighted by atomic mass is 9.81. The summed E-state index contributed by atoms with van der Waals surface area (Å²) in [5.74, 6) is -1.16. The van der Waals surface area contributed by atoms with Crippen molar-refractivity contribution in [3.05, 3.63) is 15.6 Å². The molecule has 0 saturated heterocycles. The monoisotopic (exact) mass is 298 g/mol. The van der Waals surface area contributed by atoms with Gasteiger partial charge in [-0.05, 0) is 19.3 Å². The van der Waals surface area contributed by atoms with Crippen molar-refractivity contribution in [2.75, 3.05) is 0 Å². The van der Waals surface area contributed by atoms with E-state index >= 15 is 0 Å². The number of hydrogen-bond donors (Lipinski definition) is 2. The molecular weight excluding hydrogens is 276 g/mol. The highest BCUT2D eigenvalue weighted by Gasteiger charge is 2.28. The van der Waals surface area contributed by atoms with Gasteiger partial charge in [-0.1, -0.05) is 27.7 Å². The van der Waals surface area contributed by atoms with Gasteiger partial charge in [0.25, 0.3) is 0 Å². The molecular formula is C14H22N2O3S. The van der Waals surface area contributed by atoms with Gasteiger partial charge in [-0.3, -0.25) is 4.79 Å². The number of rotatable bonds is 4. The third-order valence-corrected chi connectivity index (χ3v) is 4.76. The maximum atomic E-state index is 12.1. The quantitative estimate of drug-likeness (QED) is 0.895. The van der Waals surface area contributed by atoms with Crippen LogP contribution in [0, 0.1) is 18.3 Å². The molecule has 0 fully saturated rings. The van der Waals surface area contributed by atoms with E-state index in [9.17, 15) is 9.59 Å². The standard InChI is InChI=1S/C14H22N2O3S/c1-7(14(4,5)6)11(17)15-9(3)12-16-8(2)10(20-12)13(18)19/h7,9H,1-6H3,(H,15,17)(H,18,19). The molecule has 1 aromatic heterocycles. The topological polar surface area (TPSA) is 79.3 Å². The van der Waals surface area contributed by atoms with Crippen molar-refractivity contribution in [2.24, 2.45) is 11.3 Å². The van der Waals surface area contributed by atoms with E-state index in [2.05, 4.69) is 10.3 Å². The first kappa shape index (κ1) is 16.6. The number of thiazole rings is 1. The summed E-state index contributed by atoms with van der Waals surface area (Å²) in [4.78, 5) is 27.6. The Labute approximate surface area is 123 Å². The molecule has 20 heavy (non-hydrogen) atoms. The number of carboxylic acid groups (broad SMARTS) is 1. The van der Waals surface area contributed by atoms with Gasteiger partial charge in [-0.25, -0.2) is 9.78 Å². The number of amides is 1. The zero-order valence-corrected chi connectivity index (χ0v) is 13.6. The van der Waals surface area contributed by atoms with Crippen molar-refractivity contribution in [2.45, 2.75) is 47.6 Å². The zero-order chi connectivity index (χ0) is 15.7. The molecule has 0 aliphatic carbocycles. The van der Waals surface area contributed by atoms with E-state index in [0.29, 0.717) is 10.7 Å². The predicted molar refractivity (Wildman–Crippen MR) is 79.0 cm³/mol. The van der Waals surface area contributed by atoms with Gasteiger partial charge in [-0.15, -0.1) is 11.3 Å². The average molecular weight is 298 g/mol. The number of carboxylic acids is 1. The number of carbonyl (C=O) groups excluding carboxylic acids is 1. The summed E-state index contributed by atoms with van der Waals surface area (Å²) < 4.78 is 0. The maximum absolute atomic E-state index is 12.1. The van der Waals surface area contributed by atoms with Crippen molar-refractivity contribution in [1.82, 2.24) is 10.3 Å². The number of aryl methyl sites for hydroxylation is 1. The predicted octanol–water partition coefficient (Wildman–Crippen LogP) is 3.01. The molecule has 0 aliphatic heterocycles. The number of nitrogens with one attached hydrogen (secondary N) is 1. The van der Waals surface area contributed by atoms with E-state index in [4.69, 9.17) is 5.11 Å². The lowest BCUT2D eigenvalue weighted by Crippen LogP contribution is -2.37. The summed E-state index contributed by atoms with van der Waals surface area (Å²) in [7, 11) is 0. The second kappa shape index (κ2) is 5.91. The van der Waals surface area contributed by atoms with Gasteiger partial charge in [0, 0.05) is 5.92 Å². The molecule has 1 rings (SSSR count). The summed E-state index contributed by atoms with van der Waals surface area (Å²) in [6.45, 7) is 11.4. The highest BCUT2D eigenvalue weighted by molar-refractivity contribution is 7.13. The van der Waals surface area contributed by atoms with Crippen LogP contribution in [0.4, 0.5) is 0 Å². The lowest BCUT2D eigenvalue weighted by Gasteiger charge is -2.27. The Kier molecular flexibility index (Phi) is 4.91. The average Bonchev–Trinajstić information content (AvgIpc) is 2.69. The van der Waals surface area contributed by atoms with Gasteiger partial charge >= 0.3 is 5.97 Å². The van der Waals surface area contributed by atoms with Crippen molar-refractivity contribution >= 4 is 23.2 Å². The molecule has 0 aliphatic rings. The first-order valence-electron chi connectivity index (χ1n) is 6.55. The van der Waals surface area contributed by atoms with E-state index in [1.165, 1.54) is 0 Å². The number of carbonyl (C=O) groups is 2. The fraction of sp³-hybridized carbons (Fsp3) is 0.643. The van der Waals surface area contributed by atoms with Crippen molar-refractivity contribution < 1.29 is 14.7 Å². The molecule has 5 nitrogen and oxygen atoms in total. The number of aromatic carboxylic acids is 1. The fourth-order valence-corrected chi connectivity index (χ4v) is 2.50. The summed E-state index contributed by atoms with van der Waals surface area (Å²) in [6.07, 6.45) is 0. The van der Waals surface area contributed by atoms with Gasteiger partial charge in [0.2, 0.25) is 5.91 Å². The van der Waals surface area contributed by atoms with E-state index in [1.54, 1.807) is 6.92 Å². The van der Waals surface area contributed by atoms with Gasteiger partial charge in [0.1, 0.15) is 9.88 Å². The molecule has 0 radical (unpaired) electrons. The van der Waals surface area contributed by atoms with Crippen molar-refractivity contribution in [1.29, 1.82) is 0 Å². The SMILES string of the molecule is Cc1nc(C(C)NC(=O)C(C)C(C)(C)C)sc1C(=O)O. The Balaban J connectivity index is 2.82. The largest absolute Gasteiger partial charge is 0.477 e. The Hall–Kier alpha value is -1.43. The van der Waals surface area contributed by atoms with Crippen LogP contribution in [-0.4, -0.2) is 22.0 Å². The van der Waals surface area contributed by atoms with Crippen LogP contribution in [0.1, 0.15) is 61.0 Å². The van der Waals surface area contributed by atoms with Gasteiger partial charge in [0.05, 0.1) is 11.7 Å². The molecule has 0 aromatic carbocycles. The van der Waals surface area contributed by atoms with E-state index < -0.39 is 5.97 Å². The Morgan fingerprint density at radius 1 is 1.30 bits per heavy atom. The molecule has 1 amide bonds. The van der Waals surface area contributed by atoms with Crippen molar-refractivity contribution in [3.63, 3.8) is 0 Å². The molecule has 112 valence electrons. The molecule has 6 heteroatoms. The van der Waals surface area contributed by atoms with E-state index in [-0.39, 0.29) is 28.2 Å². The van der Waals surface area contributed by atoms with Gasteiger partial charge in [0.15, 0.2) is 0 Å². The summed E-state index contributed by atoms with van der Waals surface area (Å²) in [5, 5.41) is 12.5. The molecule has 2 N–H and O–H groups in total. The van der Waals surface area contributed by atoms with Crippen molar-refractivity contribution in [3.8, 4) is 0 Å². The van der Waals surface area contributed by atoms with E-state index in [1.807, 2.05) is 34.6 Å². The third kappa shape index (κ3) is 3.79. The minimum atomic E-state index is -0.979. The van der Waals surface area contributed by atoms with Crippen LogP contribution in [0.5, 0.6) is 0 Å². The van der Waals surface area contributed by atoms with Crippen LogP contribution >= 0.6 is 11.3 Å². The summed E-state index contributed by atoms with van der Waals surface area (Å²) in [6, 6.07) is -0.288. The zero-order valence-electron chi connectivity index (χ0n) is 12.8.